The van der Waals surface area contributed by atoms with Crippen molar-refractivity contribution in [1.82, 2.24) is 9.97 Å². The van der Waals surface area contributed by atoms with Crippen molar-refractivity contribution >= 4 is 28.5 Å². The zero-order chi connectivity index (χ0) is 20.4. The van der Waals surface area contributed by atoms with Gasteiger partial charge in [0.1, 0.15) is 13.2 Å². The summed E-state index contributed by atoms with van der Waals surface area (Å²) in [7, 11) is 0. The number of carbonyl (C=O) groups excluding carboxylic acids is 1. The van der Waals surface area contributed by atoms with Crippen molar-refractivity contribution in [1.29, 1.82) is 0 Å². The van der Waals surface area contributed by atoms with Gasteiger partial charge in [0.2, 0.25) is 0 Å². The first kappa shape index (κ1) is 19.0. The Morgan fingerprint density at radius 2 is 1.72 bits per heavy atom. The molecule has 1 aromatic heterocycles. The zero-order valence-electron chi connectivity index (χ0n) is 16.7. The van der Waals surface area contributed by atoms with Crippen LogP contribution in [0.2, 0.25) is 0 Å². The molecule has 1 N–H and O–H groups in total. The second-order valence-electron chi connectivity index (χ2n) is 6.97. The number of anilines is 2. The van der Waals surface area contributed by atoms with Crippen LogP contribution in [0.3, 0.4) is 0 Å². The van der Waals surface area contributed by atoms with Crippen molar-refractivity contribution in [2.24, 2.45) is 0 Å². The van der Waals surface area contributed by atoms with E-state index in [0.29, 0.717) is 48.2 Å². The quantitative estimate of drug-likeness (QED) is 0.646. The Labute approximate surface area is 169 Å². The number of benzene rings is 2. The fourth-order valence-corrected chi connectivity index (χ4v) is 3.06. The fraction of sp³-hybridized carbons (Fsp3) is 0.318. The molecule has 29 heavy (non-hydrogen) atoms. The summed E-state index contributed by atoms with van der Waals surface area (Å²) in [5.74, 6) is 1.19. The minimum absolute atomic E-state index is 0.157. The number of carbonyl (C=O) groups is 1. The molecule has 3 aromatic rings. The highest BCUT2D eigenvalue weighted by Gasteiger charge is 2.20. The summed E-state index contributed by atoms with van der Waals surface area (Å²) in [4.78, 5) is 21.9. The van der Waals surface area contributed by atoms with Crippen LogP contribution < -0.4 is 14.8 Å². The van der Waals surface area contributed by atoms with Crippen molar-refractivity contribution in [3.63, 3.8) is 0 Å². The third kappa shape index (κ3) is 3.94. The lowest BCUT2D eigenvalue weighted by molar-refractivity contribution is 0.0499. The van der Waals surface area contributed by atoms with Gasteiger partial charge in [0.05, 0.1) is 17.6 Å². The van der Waals surface area contributed by atoms with Crippen LogP contribution in [0.15, 0.2) is 30.3 Å². The number of nitrogens with zero attached hydrogens (tertiary/aromatic N) is 2. The number of nitrogens with one attached hydrogen (secondary N) is 1. The minimum Gasteiger partial charge on any atom is -0.486 e. The van der Waals surface area contributed by atoms with Crippen molar-refractivity contribution < 1.29 is 19.0 Å². The molecule has 0 bridgehead atoms. The van der Waals surface area contributed by atoms with Crippen LogP contribution in [0.25, 0.3) is 11.0 Å². The monoisotopic (exact) mass is 393 g/mol. The van der Waals surface area contributed by atoms with E-state index in [1.54, 1.807) is 0 Å². The van der Waals surface area contributed by atoms with Gasteiger partial charge in [-0.3, -0.25) is 0 Å². The normalized spacial score (nSPS) is 12.7. The summed E-state index contributed by atoms with van der Waals surface area (Å²) >= 11 is 0. The summed E-state index contributed by atoms with van der Waals surface area (Å²) < 4.78 is 16.5. The lowest BCUT2D eigenvalue weighted by Gasteiger charge is -2.19. The van der Waals surface area contributed by atoms with Crippen LogP contribution in [0.4, 0.5) is 11.5 Å². The van der Waals surface area contributed by atoms with Crippen molar-refractivity contribution in [3.8, 4) is 11.5 Å². The number of esters is 1. The average molecular weight is 393 g/mol. The summed E-state index contributed by atoms with van der Waals surface area (Å²) in [5, 5.41) is 3.20. The maximum Gasteiger partial charge on any atom is 0.360 e. The zero-order valence-corrected chi connectivity index (χ0v) is 16.7. The van der Waals surface area contributed by atoms with Gasteiger partial charge >= 0.3 is 5.97 Å². The van der Waals surface area contributed by atoms with Gasteiger partial charge in [0, 0.05) is 11.8 Å². The Morgan fingerprint density at radius 3 is 2.45 bits per heavy atom. The molecule has 1 aliphatic heterocycles. The van der Waals surface area contributed by atoms with Gasteiger partial charge in [0.15, 0.2) is 23.0 Å². The first-order valence-electron chi connectivity index (χ1n) is 9.68. The highest BCUT2D eigenvalue weighted by molar-refractivity contribution is 5.96. The topological polar surface area (TPSA) is 82.6 Å². The van der Waals surface area contributed by atoms with E-state index in [0.717, 1.165) is 23.2 Å². The summed E-state index contributed by atoms with van der Waals surface area (Å²) in [6.45, 7) is 7.33. The van der Waals surface area contributed by atoms with Crippen LogP contribution >= 0.6 is 0 Å². The van der Waals surface area contributed by atoms with Crippen LogP contribution in [0.5, 0.6) is 11.5 Å². The molecule has 7 nitrogen and oxygen atoms in total. The van der Waals surface area contributed by atoms with E-state index in [9.17, 15) is 4.79 Å². The molecule has 7 heteroatoms. The Morgan fingerprint density at radius 1 is 1.03 bits per heavy atom. The fourth-order valence-electron chi connectivity index (χ4n) is 3.06. The molecule has 150 valence electrons. The van der Waals surface area contributed by atoms with Gasteiger partial charge in [-0.05, 0) is 55.7 Å². The second kappa shape index (κ2) is 7.95. The van der Waals surface area contributed by atoms with Crippen molar-refractivity contribution in [2.75, 3.05) is 25.1 Å². The highest BCUT2D eigenvalue weighted by Crippen LogP contribution is 2.34. The molecule has 0 spiro atoms. The molecule has 0 unspecified atom stereocenters. The number of hydrogen-bond acceptors (Lipinski definition) is 7. The Bertz CT molecular complexity index is 1080. The Kier molecular flexibility index (Phi) is 5.20. The highest BCUT2D eigenvalue weighted by atomic mass is 16.6. The van der Waals surface area contributed by atoms with Crippen LogP contribution in [-0.2, 0) is 4.74 Å². The molecular weight excluding hydrogens is 370 g/mol. The summed E-state index contributed by atoms with van der Waals surface area (Å²) in [6, 6.07) is 9.40. The van der Waals surface area contributed by atoms with Crippen molar-refractivity contribution in [3.05, 3.63) is 47.2 Å². The molecule has 0 aliphatic carbocycles. The molecule has 2 aromatic carbocycles. The summed E-state index contributed by atoms with van der Waals surface area (Å²) in [5.41, 5.74) is 4.44. The molecule has 0 fully saturated rings. The smallest absolute Gasteiger partial charge is 0.360 e. The predicted molar refractivity (Wildman–Crippen MR) is 110 cm³/mol. The lowest BCUT2D eigenvalue weighted by Crippen LogP contribution is -2.15. The molecule has 0 amide bonds. The number of fused-ring (bicyclic) bond motifs is 2. The molecule has 0 saturated carbocycles. The Balaban J connectivity index is 1.76. The first-order valence-corrected chi connectivity index (χ1v) is 9.68. The molecule has 0 atom stereocenters. The number of aryl methyl sites for hydroxylation is 2. The number of aromatic nitrogens is 2. The second-order valence-corrected chi connectivity index (χ2v) is 6.97. The third-order valence-electron chi connectivity index (χ3n) is 4.72. The number of hydrogen-bond donors (Lipinski definition) is 1. The first-order chi connectivity index (χ1) is 14.0. The van der Waals surface area contributed by atoms with Gasteiger partial charge in [-0.1, -0.05) is 6.92 Å². The summed E-state index contributed by atoms with van der Waals surface area (Å²) in [6.07, 6.45) is 0.732. The van der Waals surface area contributed by atoms with E-state index in [4.69, 9.17) is 14.2 Å². The van der Waals surface area contributed by atoms with Crippen LogP contribution in [-0.4, -0.2) is 35.8 Å². The average Bonchev–Trinajstić information content (AvgIpc) is 2.72. The van der Waals surface area contributed by atoms with Crippen molar-refractivity contribution in [2.45, 2.75) is 27.2 Å². The van der Waals surface area contributed by atoms with Crippen LogP contribution in [0.1, 0.15) is 35.0 Å². The van der Waals surface area contributed by atoms with E-state index in [2.05, 4.69) is 15.3 Å². The molecule has 0 radical (unpaired) electrons. The number of rotatable bonds is 5. The largest absolute Gasteiger partial charge is 0.486 e. The number of ether oxygens (including phenoxy) is 3. The molecule has 1 aliphatic rings. The lowest BCUT2D eigenvalue weighted by atomic mass is 10.1. The molecule has 4 rings (SSSR count). The predicted octanol–water partition coefficient (Wildman–Crippen LogP) is 4.33. The van der Waals surface area contributed by atoms with E-state index >= 15 is 0 Å². The Hall–Kier alpha value is -3.35. The SMILES string of the molecule is CCCOC(=O)c1nc2cc(C)c(C)cc2nc1Nc1ccc2c(c1)OCCO2. The minimum atomic E-state index is -0.500. The van der Waals surface area contributed by atoms with E-state index in [1.807, 2.05) is 51.1 Å². The van der Waals surface area contributed by atoms with Gasteiger partial charge in [-0.15, -0.1) is 0 Å². The van der Waals surface area contributed by atoms with Gasteiger partial charge in [-0.2, -0.15) is 0 Å². The van der Waals surface area contributed by atoms with Gasteiger partial charge < -0.3 is 19.5 Å². The molecule has 2 heterocycles. The van der Waals surface area contributed by atoms with Gasteiger partial charge in [-0.25, -0.2) is 14.8 Å². The molecule has 0 saturated heterocycles. The maximum absolute atomic E-state index is 12.6. The maximum atomic E-state index is 12.6. The van der Waals surface area contributed by atoms with E-state index in [1.165, 1.54) is 0 Å². The van der Waals surface area contributed by atoms with E-state index < -0.39 is 5.97 Å². The third-order valence-corrected chi connectivity index (χ3v) is 4.72. The van der Waals surface area contributed by atoms with E-state index in [-0.39, 0.29) is 5.69 Å². The van der Waals surface area contributed by atoms with Gasteiger partial charge in [0.25, 0.3) is 0 Å². The molecular formula is C22H23N3O4. The van der Waals surface area contributed by atoms with Crippen LogP contribution in [0, 0.1) is 13.8 Å². The standard InChI is InChI=1S/C22H23N3O4/c1-4-7-29-22(26)20-21(25-17-11-14(3)13(2)10-16(17)24-20)23-15-5-6-18-19(12-15)28-9-8-27-18/h5-6,10-12H,4,7-9H2,1-3H3,(H,23,25).